The molecule has 0 saturated carbocycles. The average molecular weight is 550 g/mol. The van der Waals surface area contributed by atoms with Gasteiger partial charge in [0.25, 0.3) is 5.91 Å². The highest BCUT2D eigenvalue weighted by Gasteiger charge is 2.38. The molecule has 0 atom stereocenters. The topological polar surface area (TPSA) is 54.9 Å². The maximum absolute atomic E-state index is 13.3. The van der Waals surface area contributed by atoms with E-state index >= 15 is 0 Å². The summed E-state index contributed by atoms with van der Waals surface area (Å²) in [5.41, 5.74) is 5.27. The van der Waals surface area contributed by atoms with Crippen LogP contribution in [-0.4, -0.2) is 61.6 Å². The van der Waals surface area contributed by atoms with Crippen LogP contribution in [0.1, 0.15) is 45.6 Å². The van der Waals surface area contributed by atoms with Crippen molar-refractivity contribution in [3.05, 3.63) is 125 Å². The fourth-order valence-corrected chi connectivity index (χ4v) is 5.95. The number of benzene rings is 3. The van der Waals surface area contributed by atoms with Gasteiger partial charge >= 0.3 is 0 Å². The Morgan fingerprint density at radius 2 is 1.59 bits per heavy atom. The summed E-state index contributed by atoms with van der Waals surface area (Å²) >= 11 is 0. The van der Waals surface area contributed by atoms with Gasteiger partial charge in [-0.25, -0.2) is 0 Å². The average Bonchev–Trinajstić information content (AvgIpc) is 3.04. The summed E-state index contributed by atoms with van der Waals surface area (Å²) in [7, 11) is 5.27. The van der Waals surface area contributed by atoms with Crippen LogP contribution < -0.4 is 9.47 Å². The fraction of sp³-hybridized carbons (Fsp3) is 0.314. The zero-order chi connectivity index (χ0) is 28.7. The second-order valence-electron chi connectivity index (χ2n) is 10.9. The molecule has 0 N–H and O–H groups in total. The third kappa shape index (κ3) is 6.60. The molecule has 41 heavy (non-hydrogen) atoms. The van der Waals surface area contributed by atoms with Gasteiger partial charge in [-0.3, -0.25) is 14.7 Å². The number of ether oxygens (including phenoxy) is 2. The molecule has 0 spiro atoms. The van der Waals surface area contributed by atoms with Crippen molar-refractivity contribution in [3.63, 3.8) is 0 Å². The fourth-order valence-electron chi connectivity index (χ4n) is 5.95. The summed E-state index contributed by atoms with van der Waals surface area (Å²) in [5, 5.41) is 0. The lowest BCUT2D eigenvalue weighted by atomic mass is 9.69. The van der Waals surface area contributed by atoms with E-state index in [9.17, 15) is 4.79 Å². The van der Waals surface area contributed by atoms with E-state index in [1.807, 2.05) is 37.4 Å². The molecule has 0 radical (unpaired) electrons. The molecule has 1 saturated heterocycles. The van der Waals surface area contributed by atoms with E-state index in [4.69, 9.17) is 9.47 Å². The zero-order valence-electron chi connectivity index (χ0n) is 24.3. The van der Waals surface area contributed by atoms with E-state index < -0.39 is 0 Å². The van der Waals surface area contributed by atoms with Crippen molar-refractivity contribution in [2.24, 2.45) is 0 Å². The molecular weight excluding hydrogens is 510 g/mol. The number of carbonyl (C=O) groups excluding carboxylic acids is 1. The number of methoxy groups -OCH3 is 2. The number of aromatic nitrogens is 1. The largest absolute Gasteiger partial charge is 0.497 e. The number of piperidine rings is 1. The number of likely N-dealkylation sites (tertiary alicyclic amines) is 1. The summed E-state index contributed by atoms with van der Waals surface area (Å²) in [6.07, 6.45) is 4.66. The number of nitrogens with zero attached hydrogens (tertiary/aromatic N) is 3. The van der Waals surface area contributed by atoms with Gasteiger partial charge < -0.3 is 14.4 Å². The third-order valence-electron chi connectivity index (χ3n) is 8.21. The predicted molar refractivity (Wildman–Crippen MR) is 163 cm³/mol. The van der Waals surface area contributed by atoms with Crippen molar-refractivity contribution in [1.29, 1.82) is 0 Å². The van der Waals surface area contributed by atoms with Crippen LogP contribution in [0.3, 0.4) is 0 Å². The molecule has 212 valence electrons. The van der Waals surface area contributed by atoms with Crippen LogP contribution >= 0.6 is 0 Å². The van der Waals surface area contributed by atoms with Gasteiger partial charge in [-0.1, -0.05) is 42.5 Å². The molecule has 1 fully saturated rings. The van der Waals surface area contributed by atoms with Crippen molar-refractivity contribution < 1.29 is 14.3 Å². The number of hydrogen-bond acceptors (Lipinski definition) is 5. The van der Waals surface area contributed by atoms with E-state index in [0.29, 0.717) is 6.54 Å². The lowest BCUT2D eigenvalue weighted by Gasteiger charge is -2.44. The second kappa shape index (κ2) is 13.0. The van der Waals surface area contributed by atoms with Gasteiger partial charge in [0.15, 0.2) is 0 Å². The van der Waals surface area contributed by atoms with Crippen LogP contribution in [0.2, 0.25) is 0 Å². The van der Waals surface area contributed by atoms with E-state index in [2.05, 4.69) is 70.5 Å². The Morgan fingerprint density at radius 3 is 2.20 bits per heavy atom. The van der Waals surface area contributed by atoms with E-state index in [0.717, 1.165) is 67.2 Å². The number of rotatable bonds is 10. The van der Waals surface area contributed by atoms with Crippen molar-refractivity contribution in [2.45, 2.75) is 31.2 Å². The summed E-state index contributed by atoms with van der Waals surface area (Å²) in [6.45, 7) is 3.30. The quantitative estimate of drug-likeness (QED) is 0.243. The molecule has 0 aliphatic carbocycles. The standard InChI is InChI=1S/C35H39N3O3/c1-37(23-19-31-10-4-5-21-36-31)34(39)28-9-6-8-27(24-28)25-38-22-7-20-35(26-38,29-11-15-32(40-2)16-12-29)30-13-17-33(41-3)18-14-30/h4-6,8-18,21,24H,7,19-20,22-23,25-26H2,1-3H3. The molecule has 6 heteroatoms. The maximum atomic E-state index is 13.3. The third-order valence-corrected chi connectivity index (χ3v) is 8.21. The Bertz CT molecular complexity index is 1370. The normalized spacial score (nSPS) is 14.8. The second-order valence-corrected chi connectivity index (χ2v) is 10.9. The van der Waals surface area contributed by atoms with E-state index in [1.54, 1.807) is 25.3 Å². The Kier molecular flexibility index (Phi) is 9.00. The minimum Gasteiger partial charge on any atom is -0.497 e. The SMILES string of the molecule is COc1ccc(C2(c3ccc(OC)cc3)CCCN(Cc3cccc(C(=O)N(C)CCc4ccccn4)c3)C2)cc1. The van der Waals surface area contributed by atoms with Crippen LogP contribution in [0.25, 0.3) is 0 Å². The smallest absolute Gasteiger partial charge is 0.253 e. The van der Waals surface area contributed by atoms with Crippen molar-refractivity contribution in [2.75, 3.05) is 40.9 Å². The molecule has 1 aliphatic heterocycles. The molecule has 0 unspecified atom stereocenters. The van der Waals surface area contributed by atoms with Crippen molar-refractivity contribution >= 4 is 5.91 Å². The van der Waals surface area contributed by atoms with Crippen LogP contribution in [0.5, 0.6) is 11.5 Å². The number of amides is 1. The first-order chi connectivity index (χ1) is 20.0. The highest BCUT2D eigenvalue weighted by atomic mass is 16.5. The summed E-state index contributed by atoms with van der Waals surface area (Å²) in [5.74, 6) is 1.75. The Labute approximate surface area is 243 Å². The van der Waals surface area contributed by atoms with Crippen LogP contribution in [0, 0.1) is 0 Å². The molecular formula is C35H39N3O3. The summed E-state index contributed by atoms with van der Waals surface area (Å²) in [4.78, 5) is 21.9. The molecule has 0 bridgehead atoms. The lowest BCUT2D eigenvalue weighted by Crippen LogP contribution is -2.46. The van der Waals surface area contributed by atoms with E-state index in [1.165, 1.54) is 11.1 Å². The number of hydrogen-bond donors (Lipinski definition) is 0. The first-order valence-corrected chi connectivity index (χ1v) is 14.3. The van der Waals surface area contributed by atoms with Gasteiger partial charge in [-0.15, -0.1) is 0 Å². The Balaban J connectivity index is 1.34. The molecule has 1 amide bonds. The summed E-state index contributed by atoms with van der Waals surface area (Å²) < 4.78 is 10.9. The highest BCUT2D eigenvalue weighted by molar-refractivity contribution is 5.94. The molecule has 1 aromatic heterocycles. The van der Waals surface area contributed by atoms with Gasteiger partial charge in [-0.05, 0) is 84.6 Å². The van der Waals surface area contributed by atoms with Gasteiger partial charge in [-0.2, -0.15) is 0 Å². The molecule has 1 aliphatic rings. The van der Waals surface area contributed by atoms with Gasteiger partial charge in [0, 0.05) is 56.0 Å². The zero-order valence-corrected chi connectivity index (χ0v) is 24.3. The maximum Gasteiger partial charge on any atom is 0.253 e. The predicted octanol–water partition coefficient (Wildman–Crippen LogP) is 6.00. The minimum absolute atomic E-state index is 0.0345. The molecule has 3 aromatic carbocycles. The van der Waals surface area contributed by atoms with Crippen LogP contribution in [0.4, 0.5) is 0 Å². The first-order valence-electron chi connectivity index (χ1n) is 14.3. The number of pyridine rings is 1. The summed E-state index contributed by atoms with van der Waals surface area (Å²) in [6, 6.07) is 31.0. The lowest BCUT2D eigenvalue weighted by molar-refractivity contribution is 0.0796. The van der Waals surface area contributed by atoms with Gasteiger partial charge in [0.1, 0.15) is 11.5 Å². The minimum atomic E-state index is -0.157. The van der Waals surface area contributed by atoms with Gasteiger partial charge in [0.05, 0.1) is 14.2 Å². The number of carbonyl (C=O) groups is 1. The number of likely N-dealkylation sites (N-methyl/N-ethyl adjacent to an activating group) is 1. The van der Waals surface area contributed by atoms with Gasteiger partial charge in [0.2, 0.25) is 0 Å². The highest BCUT2D eigenvalue weighted by Crippen LogP contribution is 2.42. The van der Waals surface area contributed by atoms with Crippen LogP contribution in [-0.2, 0) is 18.4 Å². The molecule has 2 heterocycles. The Hall–Kier alpha value is -4.16. The van der Waals surface area contributed by atoms with Crippen molar-refractivity contribution in [1.82, 2.24) is 14.8 Å². The molecule has 6 nitrogen and oxygen atoms in total. The van der Waals surface area contributed by atoms with E-state index in [-0.39, 0.29) is 11.3 Å². The van der Waals surface area contributed by atoms with Crippen LogP contribution in [0.15, 0.2) is 97.2 Å². The Morgan fingerprint density at radius 1 is 0.902 bits per heavy atom. The molecule has 5 rings (SSSR count). The van der Waals surface area contributed by atoms with Crippen molar-refractivity contribution in [3.8, 4) is 11.5 Å². The first kappa shape index (κ1) is 28.4. The molecule has 4 aromatic rings. The monoisotopic (exact) mass is 549 g/mol.